The van der Waals surface area contributed by atoms with E-state index in [2.05, 4.69) is 10.3 Å². The quantitative estimate of drug-likeness (QED) is 0.306. The topological polar surface area (TPSA) is 80.8 Å². The Morgan fingerprint density at radius 1 is 0.816 bits per heavy atom. The predicted molar refractivity (Wildman–Crippen MR) is 145 cm³/mol. The summed E-state index contributed by atoms with van der Waals surface area (Å²) in [6.07, 6.45) is 2.03. The first kappa shape index (κ1) is 26.4. The zero-order chi connectivity index (χ0) is 26.6. The summed E-state index contributed by atoms with van der Waals surface area (Å²) < 4.78 is 11.1. The highest BCUT2D eigenvalue weighted by Gasteiger charge is 2.30. The van der Waals surface area contributed by atoms with E-state index in [1.165, 1.54) is 0 Å². The van der Waals surface area contributed by atoms with E-state index in [1.54, 1.807) is 30.3 Å². The molecule has 1 atom stereocenters. The molecule has 1 aromatic heterocycles. The number of carbonyl (C=O) groups is 2. The van der Waals surface area contributed by atoms with Crippen LogP contribution in [-0.4, -0.2) is 41.5 Å². The number of aromatic nitrogens is 1. The van der Waals surface area contributed by atoms with E-state index in [0.29, 0.717) is 17.9 Å². The second kappa shape index (κ2) is 13.6. The smallest absolute Gasteiger partial charge is 0.261 e. The monoisotopic (exact) mass is 509 g/mol. The molecule has 0 saturated carbocycles. The third-order valence-corrected chi connectivity index (χ3v) is 6.06. The molecule has 0 fully saturated rings. The molecular weight excluding hydrogens is 478 g/mol. The Morgan fingerprint density at radius 3 is 2.16 bits per heavy atom. The number of ether oxygens (including phenoxy) is 2. The van der Waals surface area contributed by atoms with Crippen molar-refractivity contribution in [1.82, 2.24) is 15.2 Å². The van der Waals surface area contributed by atoms with Crippen LogP contribution in [0, 0.1) is 0 Å². The fourth-order valence-corrected chi connectivity index (χ4v) is 4.02. The molecule has 0 radical (unpaired) electrons. The first-order valence-electron chi connectivity index (χ1n) is 12.4. The Kier molecular flexibility index (Phi) is 9.45. The number of nitrogens with zero attached hydrogens (tertiary/aromatic N) is 2. The van der Waals surface area contributed by atoms with Crippen molar-refractivity contribution in [1.29, 1.82) is 0 Å². The largest absolute Gasteiger partial charge is 0.497 e. The Hall–Kier alpha value is -4.65. The zero-order valence-electron chi connectivity index (χ0n) is 21.3. The molecule has 38 heavy (non-hydrogen) atoms. The number of nitrogens with one attached hydrogen (secondary N) is 1. The lowest BCUT2D eigenvalue weighted by molar-refractivity contribution is -0.142. The molecule has 0 saturated heterocycles. The third-order valence-electron chi connectivity index (χ3n) is 6.06. The molecule has 1 unspecified atom stereocenters. The van der Waals surface area contributed by atoms with E-state index >= 15 is 0 Å². The molecule has 0 aliphatic carbocycles. The minimum Gasteiger partial charge on any atom is -0.497 e. The van der Waals surface area contributed by atoms with Gasteiger partial charge in [-0.1, -0.05) is 66.7 Å². The van der Waals surface area contributed by atoms with Gasteiger partial charge in [0, 0.05) is 19.2 Å². The second-order valence-corrected chi connectivity index (χ2v) is 8.72. The molecule has 4 aromatic rings. The number of methoxy groups -OCH3 is 1. The Labute approximate surface area is 223 Å². The fraction of sp³-hybridized carbons (Fsp3) is 0.194. The molecule has 0 aliphatic heterocycles. The standard InChI is InChI=1S/C31H31N3O4/c1-37-27-17-15-25(16-18-27)22-34(30(35)23-38-28-13-6-3-7-14-28)29(20-24-10-4-2-5-11-24)31(36)33-21-26-12-8-9-19-32-26/h2-19,29H,20-23H2,1H3,(H,33,36). The molecule has 194 valence electrons. The van der Waals surface area contributed by atoms with Gasteiger partial charge in [0.25, 0.3) is 5.91 Å². The Bertz CT molecular complexity index is 1280. The minimum atomic E-state index is -0.768. The van der Waals surface area contributed by atoms with Crippen molar-refractivity contribution in [2.75, 3.05) is 13.7 Å². The Balaban J connectivity index is 1.60. The van der Waals surface area contributed by atoms with E-state index < -0.39 is 6.04 Å². The van der Waals surface area contributed by atoms with Crippen molar-refractivity contribution in [2.24, 2.45) is 0 Å². The van der Waals surface area contributed by atoms with Gasteiger partial charge in [-0.15, -0.1) is 0 Å². The summed E-state index contributed by atoms with van der Waals surface area (Å²) in [5.74, 6) is 0.747. The average Bonchev–Trinajstić information content (AvgIpc) is 2.98. The first-order chi connectivity index (χ1) is 18.6. The highest BCUT2D eigenvalue weighted by molar-refractivity contribution is 5.88. The lowest BCUT2D eigenvalue weighted by atomic mass is 10.0. The molecule has 2 amide bonds. The van der Waals surface area contributed by atoms with Crippen molar-refractivity contribution in [2.45, 2.75) is 25.6 Å². The van der Waals surface area contributed by atoms with E-state index in [0.717, 1.165) is 16.8 Å². The maximum Gasteiger partial charge on any atom is 0.261 e. The summed E-state index contributed by atoms with van der Waals surface area (Å²) in [4.78, 5) is 33.2. The number of rotatable bonds is 12. The molecule has 4 rings (SSSR count). The lowest BCUT2D eigenvalue weighted by Crippen LogP contribution is -2.51. The van der Waals surface area contributed by atoms with Gasteiger partial charge in [0.2, 0.25) is 5.91 Å². The number of benzene rings is 3. The van der Waals surface area contributed by atoms with Crippen LogP contribution in [0.25, 0.3) is 0 Å². The van der Waals surface area contributed by atoms with Crippen LogP contribution < -0.4 is 14.8 Å². The summed E-state index contributed by atoms with van der Waals surface area (Å²) in [7, 11) is 1.60. The van der Waals surface area contributed by atoms with E-state index in [9.17, 15) is 9.59 Å². The highest BCUT2D eigenvalue weighted by atomic mass is 16.5. The van der Waals surface area contributed by atoms with Gasteiger partial charge >= 0.3 is 0 Å². The van der Waals surface area contributed by atoms with Gasteiger partial charge in [-0.25, -0.2) is 0 Å². The molecule has 1 heterocycles. The molecular formula is C31H31N3O4. The van der Waals surface area contributed by atoms with Crippen LogP contribution in [0.4, 0.5) is 0 Å². The maximum atomic E-state index is 13.6. The third kappa shape index (κ3) is 7.67. The summed E-state index contributed by atoms with van der Waals surface area (Å²) in [5, 5.41) is 2.98. The van der Waals surface area contributed by atoms with Crippen molar-refractivity contribution >= 4 is 11.8 Å². The molecule has 0 aliphatic rings. The molecule has 1 N–H and O–H groups in total. The van der Waals surface area contributed by atoms with Gasteiger partial charge in [0.1, 0.15) is 17.5 Å². The number of amides is 2. The lowest BCUT2D eigenvalue weighted by Gasteiger charge is -2.31. The zero-order valence-corrected chi connectivity index (χ0v) is 21.3. The van der Waals surface area contributed by atoms with Crippen molar-refractivity contribution in [3.63, 3.8) is 0 Å². The van der Waals surface area contributed by atoms with E-state index in [1.807, 2.05) is 91.0 Å². The van der Waals surface area contributed by atoms with Crippen LogP contribution in [0.3, 0.4) is 0 Å². The van der Waals surface area contributed by atoms with Crippen LogP contribution in [0.2, 0.25) is 0 Å². The number of hydrogen-bond acceptors (Lipinski definition) is 5. The second-order valence-electron chi connectivity index (χ2n) is 8.72. The van der Waals surface area contributed by atoms with Crippen LogP contribution in [0.5, 0.6) is 11.5 Å². The molecule has 0 spiro atoms. The molecule has 3 aromatic carbocycles. The van der Waals surface area contributed by atoms with E-state index in [4.69, 9.17) is 9.47 Å². The molecule has 7 nitrogen and oxygen atoms in total. The van der Waals surface area contributed by atoms with Crippen molar-refractivity contribution < 1.29 is 19.1 Å². The van der Waals surface area contributed by atoms with Gasteiger partial charge in [-0.3, -0.25) is 14.6 Å². The average molecular weight is 510 g/mol. The van der Waals surface area contributed by atoms with Gasteiger partial charge < -0.3 is 19.7 Å². The summed E-state index contributed by atoms with van der Waals surface area (Å²) in [6, 6.07) is 31.1. The van der Waals surface area contributed by atoms with Crippen molar-refractivity contribution in [3.05, 3.63) is 126 Å². The Morgan fingerprint density at radius 2 is 1.50 bits per heavy atom. The molecule has 0 bridgehead atoms. The van der Waals surface area contributed by atoms with Crippen molar-refractivity contribution in [3.8, 4) is 11.5 Å². The van der Waals surface area contributed by atoms with Gasteiger partial charge in [0.05, 0.1) is 19.3 Å². The number of carbonyl (C=O) groups excluding carboxylic acids is 2. The van der Waals surface area contributed by atoms with Gasteiger partial charge in [-0.05, 0) is 47.5 Å². The number of hydrogen-bond donors (Lipinski definition) is 1. The SMILES string of the molecule is COc1ccc(CN(C(=O)COc2ccccc2)C(Cc2ccccc2)C(=O)NCc2ccccn2)cc1. The van der Waals surface area contributed by atoms with Gasteiger partial charge in [0.15, 0.2) is 6.61 Å². The predicted octanol–water partition coefficient (Wildman–Crippen LogP) is 4.43. The van der Waals surface area contributed by atoms with Crippen LogP contribution in [0.15, 0.2) is 109 Å². The van der Waals surface area contributed by atoms with E-state index in [-0.39, 0.29) is 31.5 Å². The summed E-state index contributed by atoms with van der Waals surface area (Å²) in [5.41, 5.74) is 2.55. The fourth-order valence-electron chi connectivity index (χ4n) is 4.02. The van der Waals surface area contributed by atoms with Crippen LogP contribution in [0.1, 0.15) is 16.8 Å². The highest BCUT2D eigenvalue weighted by Crippen LogP contribution is 2.18. The minimum absolute atomic E-state index is 0.195. The normalized spacial score (nSPS) is 11.3. The maximum absolute atomic E-state index is 13.6. The summed E-state index contributed by atoms with van der Waals surface area (Å²) >= 11 is 0. The first-order valence-corrected chi connectivity index (χ1v) is 12.4. The summed E-state index contributed by atoms with van der Waals surface area (Å²) in [6.45, 7) is 0.296. The molecule has 7 heteroatoms. The van der Waals surface area contributed by atoms with Gasteiger partial charge in [-0.2, -0.15) is 0 Å². The van der Waals surface area contributed by atoms with Crippen LogP contribution >= 0.6 is 0 Å². The number of pyridine rings is 1. The number of para-hydroxylation sites is 1. The van der Waals surface area contributed by atoms with Crippen LogP contribution in [-0.2, 0) is 29.1 Å².